The van der Waals surface area contributed by atoms with E-state index in [0.717, 1.165) is 24.1 Å². The zero-order valence-electron chi connectivity index (χ0n) is 16.8. The number of hydrogen-bond acceptors (Lipinski definition) is 4. The zero-order chi connectivity index (χ0) is 21.9. The van der Waals surface area contributed by atoms with Gasteiger partial charge in [-0.15, -0.1) is 23.2 Å². The summed E-state index contributed by atoms with van der Waals surface area (Å²) < 4.78 is 27.5. The van der Waals surface area contributed by atoms with Crippen molar-refractivity contribution in [2.75, 3.05) is 32.7 Å². The highest BCUT2D eigenvalue weighted by molar-refractivity contribution is 7.89. The smallest absolute Gasteiger partial charge is 0.307 e. The van der Waals surface area contributed by atoms with Crippen molar-refractivity contribution in [1.82, 2.24) is 9.21 Å². The van der Waals surface area contributed by atoms with Gasteiger partial charge in [0.2, 0.25) is 10.0 Å². The Morgan fingerprint density at radius 3 is 2.50 bits per heavy atom. The van der Waals surface area contributed by atoms with E-state index in [4.69, 9.17) is 28.3 Å². The topological polar surface area (TPSA) is 77.9 Å². The lowest BCUT2D eigenvalue weighted by Crippen LogP contribution is -2.48. The summed E-state index contributed by atoms with van der Waals surface area (Å²) in [4.78, 5) is 13.4. The van der Waals surface area contributed by atoms with Crippen molar-refractivity contribution >= 4 is 39.2 Å². The SMILES string of the molecule is Cc1ccc(S(=O)(=O)N2CCN(CCC3=CC(Cl)C(Cl)C=C3)CC2)cc1CC(=O)O. The molecule has 1 saturated heterocycles. The number of nitrogens with zero attached hydrogens (tertiary/aromatic N) is 2. The van der Waals surface area contributed by atoms with Crippen LogP contribution >= 0.6 is 23.2 Å². The molecule has 1 aromatic carbocycles. The van der Waals surface area contributed by atoms with Crippen LogP contribution in [-0.2, 0) is 21.2 Å². The molecule has 1 N–H and O–H groups in total. The Morgan fingerprint density at radius 2 is 1.87 bits per heavy atom. The van der Waals surface area contributed by atoms with Gasteiger partial charge in [0.1, 0.15) is 0 Å². The molecule has 1 fully saturated rings. The van der Waals surface area contributed by atoms with E-state index in [2.05, 4.69) is 4.90 Å². The molecule has 0 amide bonds. The Balaban J connectivity index is 1.58. The first kappa shape index (κ1) is 23.3. The van der Waals surface area contributed by atoms with Crippen LogP contribution in [0.5, 0.6) is 0 Å². The van der Waals surface area contributed by atoms with Gasteiger partial charge in [-0.1, -0.05) is 24.3 Å². The fourth-order valence-corrected chi connectivity index (χ4v) is 5.50. The third-order valence-corrected chi connectivity index (χ3v) is 8.36. The van der Waals surface area contributed by atoms with Crippen LogP contribution in [0.2, 0.25) is 0 Å². The summed E-state index contributed by atoms with van der Waals surface area (Å²) in [6.45, 7) is 4.71. The number of halogens is 2. The molecular formula is C21H26Cl2N2O4S. The minimum Gasteiger partial charge on any atom is -0.481 e. The Labute approximate surface area is 187 Å². The Morgan fingerprint density at radius 1 is 1.17 bits per heavy atom. The zero-order valence-corrected chi connectivity index (χ0v) is 19.1. The fraction of sp³-hybridized carbons (Fsp3) is 0.476. The summed E-state index contributed by atoms with van der Waals surface area (Å²) in [5.41, 5.74) is 2.44. The average Bonchev–Trinajstić information content (AvgIpc) is 2.70. The van der Waals surface area contributed by atoms with Crippen molar-refractivity contribution in [2.45, 2.75) is 35.4 Å². The number of sulfonamides is 1. The van der Waals surface area contributed by atoms with E-state index in [1.165, 1.54) is 10.4 Å². The van der Waals surface area contributed by atoms with Crippen molar-refractivity contribution in [2.24, 2.45) is 0 Å². The van der Waals surface area contributed by atoms with Gasteiger partial charge in [-0.3, -0.25) is 4.79 Å². The predicted molar refractivity (Wildman–Crippen MR) is 119 cm³/mol. The van der Waals surface area contributed by atoms with Crippen LogP contribution in [-0.4, -0.2) is 72.2 Å². The van der Waals surface area contributed by atoms with Crippen LogP contribution in [0.4, 0.5) is 0 Å². The third-order valence-electron chi connectivity index (χ3n) is 5.52. The van der Waals surface area contributed by atoms with E-state index >= 15 is 0 Å². The van der Waals surface area contributed by atoms with Gasteiger partial charge < -0.3 is 10.0 Å². The molecule has 1 heterocycles. The Kier molecular flexibility index (Phi) is 7.63. The van der Waals surface area contributed by atoms with Crippen molar-refractivity contribution in [3.8, 4) is 0 Å². The monoisotopic (exact) mass is 472 g/mol. The molecule has 0 aromatic heterocycles. The van der Waals surface area contributed by atoms with E-state index in [0.29, 0.717) is 31.7 Å². The Hall–Kier alpha value is -1.38. The van der Waals surface area contributed by atoms with Gasteiger partial charge >= 0.3 is 5.97 Å². The van der Waals surface area contributed by atoms with Gasteiger partial charge in [0.25, 0.3) is 0 Å². The number of allylic oxidation sites excluding steroid dienone is 3. The van der Waals surface area contributed by atoms with E-state index in [1.807, 2.05) is 18.2 Å². The summed E-state index contributed by atoms with van der Waals surface area (Å²) >= 11 is 12.2. The molecule has 30 heavy (non-hydrogen) atoms. The number of carboxylic acid groups (broad SMARTS) is 1. The van der Waals surface area contributed by atoms with Gasteiger partial charge in [-0.05, 0) is 42.2 Å². The van der Waals surface area contributed by atoms with E-state index in [-0.39, 0.29) is 22.1 Å². The van der Waals surface area contributed by atoms with Gasteiger partial charge in [-0.2, -0.15) is 4.31 Å². The Bertz CT molecular complexity index is 954. The van der Waals surface area contributed by atoms with E-state index in [9.17, 15) is 13.2 Å². The summed E-state index contributed by atoms with van der Waals surface area (Å²) in [6, 6.07) is 4.71. The van der Waals surface area contributed by atoms with Crippen LogP contribution in [0.1, 0.15) is 17.5 Å². The third kappa shape index (κ3) is 5.65. The lowest BCUT2D eigenvalue weighted by atomic mass is 10.0. The number of aryl methyl sites for hydroxylation is 1. The van der Waals surface area contributed by atoms with Gasteiger partial charge in [0.15, 0.2) is 0 Å². The number of carbonyl (C=O) groups is 1. The summed E-state index contributed by atoms with van der Waals surface area (Å²) in [5, 5.41) is 8.67. The quantitative estimate of drug-likeness (QED) is 0.616. The minimum absolute atomic E-state index is 0.152. The highest BCUT2D eigenvalue weighted by Crippen LogP contribution is 2.24. The molecule has 2 aliphatic rings. The van der Waals surface area contributed by atoms with Crippen LogP contribution in [0.25, 0.3) is 0 Å². The molecule has 6 nitrogen and oxygen atoms in total. The highest BCUT2D eigenvalue weighted by Gasteiger charge is 2.29. The molecule has 1 aromatic rings. The first-order valence-electron chi connectivity index (χ1n) is 9.87. The van der Waals surface area contributed by atoms with Crippen molar-refractivity contribution < 1.29 is 18.3 Å². The van der Waals surface area contributed by atoms with E-state index in [1.54, 1.807) is 19.1 Å². The first-order valence-corrected chi connectivity index (χ1v) is 12.2. The van der Waals surface area contributed by atoms with Crippen molar-refractivity contribution in [3.63, 3.8) is 0 Å². The number of rotatable bonds is 7. The second-order valence-electron chi connectivity index (χ2n) is 7.64. The lowest BCUT2D eigenvalue weighted by Gasteiger charge is -2.34. The minimum atomic E-state index is -3.65. The molecule has 9 heteroatoms. The maximum absolute atomic E-state index is 13.0. The molecule has 0 spiro atoms. The number of alkyl halides is 2. The fourth-order valence-electron chi connectivity index (χ4n) is 3.63. The second-order valence-corrected chi connectivity index (χ2v) is 10.6. The molecule has 2 atom stereocenters. The number of piperazine rings is 1. The number of hydrogen-bond donors (Lipinski definition) is 1. The van der Waals surface area contributed by atoms with Crippen LogP contribution in [0.3, 0.4) is 0 Å². The molecule has 0 radical (unpaired) electrons. The van der Waals surface area contributed by atoms with Gasteiger partial charge in [0.05, 0.1) is 22.1 Å². The number of carboxylic acids is 1. The maximum atomic E-state index is 13.0. The molecule has 2 unspecified atom stereocenters. The summed E-state index contributed by atoms with van der Waals surface area (Å²) in [6.07, 6.45) is 6.53. The normalized spacial score (nSPS) is 23.4. The molecule has 3 rings (SSSR count). The van der Waals surface area contributed by atoms with Gasteiger partial charge in [-0.25, -0.2) is 8.42 Å². The number of benzene rings is 1. The molecule has 0 bridgehead atoms. The summed E-state index contributed by atoms with van der Waals surface area (Å²) in [7, 11) is -3.65. The summed E-state index contributed by atoms with van der Waals surface area (Å²) in [5.74, 6) is -0.980. The lowest BCUT2D eigenvalue weighted by molar-refractivity contribution is -0.136. The molecular weight excluding hydrogens is 447 g/mol. The largest absolute Gasteiger partial charge is 0.481 e. The molecule has 1 aliphatic heterocycles. The first-order chi connectivity index (χ1) is 14.2. The standard InChI is InChI=1S/C21H26Cl2N2O4S/c1-15-2-4-18(13-17(15)14-21(26)27)30(28,29)25-10-8-24(9-11-25)7-6-16-3-5-19(22)20(23)12-16/h2-5,12-13,19-20H,6-11,14H2,1H3,(H,26,27). The van der Waals surface area contributed by atoms with Crippen LogP contribution in [0, 0.1) is 6.92 Å². The number of aliphatic carboxylic acids is 1. The average molecular weight is 473 g/mol. The molecule has 0 saturated carbocycles. The maximum Gasteiger partial charge on any atom is 0.307 e. The van der Waals surface area contributed by atoms with Gasteiger partial charge in [0, 0.05) is 32.7 Å². The highest BCUT2D eigenvalue weighted by atomic mass is 35.5. The van der Waals surface area contributed by atoms with Crippen LogP contribution < -0.4 is 0 Å². The molecule has 1 aliphatic carbocycles. The van der Waals surface area contributed by atoms with Crippen LogP contribution in [0.15, 0.2) is 46.9 Å². The molecule has 164 valence electrons. The predicted octanol–water partition coefficient (Wildman–Crippen LogP) is 3.03. The van der Waals surface area contributed by atoms with Crippen molar-refractivity contribution in [1.29, 1.82) is 0 Å². The van der Waals surface area contributed by atoms with E-state index < -0.39 is 16.0 Å². The van der Waals surface area contributed by atoms with Crippen molar-refractivity contribution in [3.05, 3.63) is 53.1 Å². The second kappa shape index (κ2) is 9.83.